The lowest BCUT2D eigenvalue weighted by molar-refractivity contribution is 0.371. The second-order valence-electron chi connectivity index (χ2n) is 9.13. The second-order valence-corrected chi connectivity index (χ2v) is 9.13. The molecule has 6 rings (SSSR count). The van der Waals surface area contributed by atoms with E-state index >= 15 is 0 Å². The van der Waals surface area contributed by atoms with Gasteiger partial charge >= 0.3 is 5.69 Å². The van der Waals surface area contributed by atoms with Gasteiger partial charge in [-0.2, -0.15) is 0 Å². The molecule has 2 N–H and O–H groups in total. The molecule has 4 aromatic rings. The summed E-state index contributed by atoms with van der Waals surface area (Å²) < 4.78 is 6.96. The SMILES string of the molecule is COc1cccc2c1CC[C@H]1CNC(CCn3c(=O)[nH]c4c(ccc5cnccc54)c3=O)[C@@H]21. The zero-order valence-electron chi connectivity index (χ0n) is 18.5. The maximum atomic E-state index is 13.3. The third kappa shape index (κ3) is 3.18. The summed E-state index contributed by atoms with van der Waals surface area (Å²) in [5, 5.41) is 5.92. The molecule has 1 aliphatic carbocycles. The number of hydrogen-bond donors (Lipinski definition) is 2. The Kier molecular flexibility index (Phi) is 4.80. The van der Waals surface area contributed by atoms with E-state index in [4.69, 9.17) is 4.74 Å². The lowest BCUT2D eigenvalue weighted by Gasteiger charge is -2.32. The Balaban J connectivity index is 1.33. The second kappa shape index (κ2) is 7.85. The van der Waals surface area contributed by atoms with Crippen molar-refractivity contribution in [2.24, 2.45) is 5.92 Å². The highest BCUT2D eigenvalue weighted by Gasteiger charge is 2.40. The number of fused-ring (bicyclic) bond motifs is 6. The Morgan fingerprint density at radius 1 is 1.15 bits per heavy atom. The van der Waals surface area contributed by atoms with Gasteiger partial charge in [-0.25, -0.2) is 4.79 Å². The molecule has 1 unspecified atom stereocenters. The van der Waals surface area contributed by atoms with Crippen molar-refractivity contribution in [3.05, 3.63) is 80.8 Å². The first kappa shape index (κ1) is 20.2. The molecule has 1 saturated heterocycles. The highest BCUT2D eigenvalue weighted by atomic mass is 16.5. The van der Waals surface area contributed by atoms with Gasteiger partial charge in [-0.3, -0.25) is 14.3 Å². The summed E-state index contributed by atoms with van der Waals surface area (Å²) in [5.74, 6) is 1.90. The molecule has 0 bridgehead atoms. The predicted octanol–water partition coefficient (Wildman–Crippen LogP) is 2.95. The minimum absolute atomic E-state index is 0.214. The summed E-state index contributed by atoms with van der Waals surface area (Å²) in [6, 6.07) is 12.0. The minimum Gasteiger partial charge on any atom is -0.496 e. The van der Waals surface area contributed by atoms with Gasteiger partial charge in [-0.15, -0.1) is 0 Å². The van der Waals surface area contributed by atoms with Crippen molar-refractivity contribution < 1.29 is 4.74 Å². The summed E-state index contributed by atoms with van der Waals surface area (Å²) >= 11 is 0. The van der Waals surface area contributed by atoms with E-state index in [0.717, 1.165) is 35.9 Å². The number of aromatic amines is 1. The van der Waals surface area contributed by atoms with Crippen molar-refractivity contribution in [2.45, 2.75) is 37.8 Å². The van der Waals surface area contributed by atoms with Crippen LogP contribution in [0, 0.1) is 5.92 Å². The summed E-state index contributed by atoms with van der Waals surface area (Å²) in [5.41, 5.74) is 2.62. The van der Waals surface area contributed by atoms with Crippen molar-refractivity contribution in [3.63, 3.8) is 0 Å². The van der Waals surface area contributed by atoms with Crippen LogP contribution in [0.4, 0.5) is 0 Å². The quantitative estimate of drug-likeness (QED) is 0.475. The van der Waals surface area contributed by atoms with Crippen LogP contribution in [0.5, 0.6) is 5.75 Å². The number of benzene rings is 2. The molecule has 3 heterocycles. The molecular formula is C26H26N4O3. The Morgan fingerprint density at radius 3 is 2.94 bits per heavy atom. The number of pyridine rings is 1. The Hall–Kier alpha value is -3.45. The normalized spacial score (nSPS) is 21.8. The van der Waals surface area contributed by atoms with E-state index in [0.29, 0.717) is 35.7 Å². The summed E-state index contributed by atoms with van der Waals surface area (Å²) in [6.07, 6.45) is 6.27. The smallest absolute Gasteiger partial charge is 0.328 e. The van der Waals surface area contributed by atoms with Gasteiger partial charge in [0.15, 0.2) is 0 Å². The Labute approximate surface area is 190 Å². The van der Waals surface area contributed by atoms with E-state index in [1.807, 2.05) is 18.2 Å². The first-order valence-electron chi connectivity index (χ1n) is 11.5. The average molecular weight is 443 g/mol. The number of H-pyrrole nitrogens is 1. The summed E-state index contributed by atoms with van der Waals surface area (Å²) in [4.78, 5) is 33.2. The van der Waals surface area contributed by atoms with E-state index < -0.39 is 0 Å². The fraction of sp³-hybridized carbons (Fsp3) is 0.346. The molecule has 0 saturated carbocycles. The molecule has 7 heteroatoms. The van der Waals surface area contributed by atoms with Crippen LogP contribution in [0.1, 0.15) is 29.9 Å². The molecule has 7 nitrogen and oxygen atoms in total. The number of ether oxygens (including phenoxy) is 1. The van der Waals surface area contributed by atoms with Crippen LogP contribution in [0.25, 0.3) is 21.7 Å². The number of nitrogens with zero attached hydrogens (tertiary/aromatic N) is 2. The van der Waals surface area contributed by atoms with Crippen LogP contribution < -0.4 is 21.3 Å². The number of hydrogen-bond acceptors (Lipinski definition) is 5. The van der Waals surface area contributed by atoms with Crippen LogP contribution in [0.3, 0.4) is 0 Å². The average Bonchev–Trinajstić information content (AvgIpc) is 3.27. The number of nitrogens with one attached hydrogen (secondary N) is 2. The maximum Gasteiger partial charge on any atom is 0.328 e. The molecule has 168 valence electrons. The first-order chi connectivity index (χ1) is 16.2. The molecule has 0 spiro atoms. The highest BCUT2D eigenvalue weighted by Crippen LogP contribution is 2.45. The summed E-state index contributed by atoms with van der Waals surface area (Å²) in [7, 11) is 1.73. The van der Waals surface area contributed by atoms with Crippen molar-refractivity contribution in [1.82, 2.24) is 19.9 Å². The van der Waals surface area contributed by atoms with Crippen LogP contribution in [-0.4, -0.2) is 34.2 Å². The first-order valence-corrected chi connectivity index (χ1v) is 11.5. The fourth-order valence-corrected chi connectivity index (χ4v) is 5.97. The molecule has 2 aromatic heterocycles. The number of rotatable bonds is 4. The van der Waals surface area contributed by atoms with Crippen molar-refractivity contribution in [3.8, 4) is 5.75 Å². The van der Waals surface area contributed by atoms with Gasteiger partial charge in [0.2, 0.25) is 0 Å². The van der Waals surface area contributed by atoms with Crippen LogP contribution >= 0.6 is 0 Å². The summed E-state index contributed by atoms with van der Waals surface area (Å²) in [6.45, 7) is 1.34. The van der Waals surface area contributed by atoms with Gasteiger partial charge in [-0.05, 0) is 61.1 Å². The molecular weight excluding hydrogens is 416 g/mol. The predicted molar refractivity (Wildman–Crippen MR) is 128 cm³/mol. The van der Waals surface area contributed by atoms with Crippen molar-refractivity contribution >= 4 is 21.7 Å². The van der Waals surface area contributed by atoms with Crippen LogP contribution in [0.2, 0.25) is 0 Å². The standard InChI is InChI=1S/C26H26N4O3/c1-33-22-4-2-3-19-18(22)7-6-16-14-28-21(23(16)19)10-12-30-25(31)20-8-5-15-13-27-11-9-17(15)24(20)29-26(30)32/h2-5,8-9,11,13,16,21,23,28H,6-7,10,12,14H2,1H3,(H,29,32)/t16-,21?,23+/m0/s1. The van der Waals surface area contributed by atoms with E-state index in [1.54, 1.807) is 25.6 Å². The molecule has 2 aromatic carbocycles. The largest absolute Gasteiger partial charge is 0.496 e. The van der Waals surface area contributed by atoms with Crippen molar-refractivity contribution in [2.75, 3.05) is 13.7 Å². The molecule has 2 aliphatic rings. The number of methoxy groups -OCH3 is 1. The van der Waals surface area contributed by atoms with E-state index in [9.17, 15) is 9.59 Å². The van der Waals surface area contributed by atoms with E-state index in [1.165, 1.54) is 15.7 Å². The minimum atomic E-state index is -0.364. The van der Waals surface area contributed by atoms with Gasteiger partial charge in [-0.1, -0.05) is 18.2 Å². The van der Waals surface area contributed by atoms with Gasteiger partial charge in [0.05, 0.1) is 18.0 Å². The van der Waals surface area contributed by atoms with Gasteiger partial charge in [0.1, 0.15) is 5.75 Å². The molecule has 33 heavy (non-hydrogen) atoms. The molecule has 1 aliphatic heterocycles. The Morgan fingerprint density at radius 2 is 2.06 bits per heavy atom. The number of aromatic nitrogens is 3. The molecule has 0 amide bonds. The lowest BCUT2D eigenvalue weighted by Crippen LogP contribution is -2.38. The third-order valence-corrected chi connectivity index (χ3v) is 7.53. The topological polar surface area (TPSA) is 89.0 Å². The molecule has 3 atom stereocenters. The van der Waals surface area contributed by atoms with Crippen LogP contribution in [-0.2, 0) is 13.0 Å². The monoisotopic (exact) mass is 442 g/mol. The fourth-order valence-electron chi connectivity index (χ4n) is 5.97. The third-order valence-electron chi connectivity index (χ3n) is 7.53. The van der Waals surface area contributed by atoms with E-state index in [-0.39, 0.29) is 17.3 Å². The zero-order valence-corrected chi connectivity index (χ0v) is 18.5. The van der Waals surface area contributed by atoms with Gasteiger partial charge in [0.25, 0.3) is 5.56 Å². The zero-order chi connectivity index (χ0) is 22.5. The molecule has 0 radical (unpaired) electrons. The highest BCUT2D eigenvalue weighted by molar-refractivity contribution is 6.04. The van der Waals surface area contributed by atoms with Crippen molar-refractivity contribution in [1.29, 1.82) is 0 Å². The maximum absolute atomic E-state index is 13.3. The Bertz CT molecular complexity index is 1490. The molecule has 1 fully saturated rings. The van der Waals surface area contributed by atoms with Crippen LogP contribution in [0.15, 0.2) is 58.4 Å². The van der Waals surface area contributed by atoms with Gasteiger partial charge in [0, 0.05) is 41.7 Å². The van der Waals surface area contributed by atoms with E-state index in [2.05, 4.69) is 27.4 Å². The lowest BCUT2D eigenvalue weighted by atomic mass is 9.73. The van der Waals surface area contributed by atoms with Gasteiger partial charge < -0.3 is 15.0 Å².